The Kier molecular flexibility index (Phi) is 2.90. The summed E-state index contributed by atoms with van der Waals surface area (Å²) in [5.74, 6) is -0.747. The fraction of sp³-hybridized carbons (Fsp3) is 0.444. The van der Waals surface area contributed by atoms with Crippen LogP contribution in [0.2, 0.25) is 0 Å². The molecule has 0 bridgehead atoms. The van der Waals surface area contributed by atoms with E-state index in [1.54, 1.807) is 11.3 Å². The van der Waals surface area contributed by atoms with Crippen LogP contribution in [0.15, 0.2) is 15.9 Å². The summed E-state index contributed by atoms with van der Waals surface area (Å²) < 4.78 is 1.09. The number of rotatable bonds is 2. The van der Waals surface area contributed by atoms with Crippen LogP contribution in [0.5, 0.6) is 0 Å². The molecule has 2 unspecified atom stereocenters. The molecule has 1 aromatic heterocycles. The summed E-state index contributed by atoms with van der Waals surface area (Å²) in [6, 6.07) is 3.88. The first-order valence-corrected chi connectivity index (χ1v) is 6.02. The lowest BCUT2D eigenvalue weighted by atomic mass is 10.2. The number of halogens is 1. The average Bonchev–Trinajstić information content (AvgIpc) is 2.70. The van der Waals surface area contributed by atoms with Crippen molar-refractivity contribution in [3.63, 3.8) is 0 Å². The molecule has 0 spiro atoms. The van der Waals surface area contributed by atoms with Crippen LogP contribution in [-0.2, 0) is 4.79 Å². The van der Waals surface area contributed by atoms with E-state index in [1.165, 1.54) is 4.88 Å². The molecule has 2 atom stereocenters. The minimum absolute atomic E-state index is 0.215. The zero-order valence-corrected chi connectivity index (χ0v) is 9.77. The van der Waals surface area contributed by atoms with Crippen molar-refractivity contribution in [2.75, 3.05) is 0 Å². The van der Waals surface area contributed by atoms with E-state index in [2.05, 4.69) is 21.2 Å². The van der Waals surface area contributed by atoms with Gasteiger partial charge in [-0.3, -0.25) is 10.1 Å². The normalized spacial score (nSPS) is 26.6. The van der Waals surface area contributed by atoms with E-state index in [4.69, 9.17) is 5.11 Å². The molecule has 0 radical (unpaired) electrons. The van der Waals surface area contributed by atoms with Crippen LogP contribution in [0.3, 0.4) is 0 Å². The maximum atomic E-state index is 10.7. The van der Waals surface area contributed by atoms with Crippen LogP contribution < -0.4 is 5.32 Å². The molecule has 5 heteroatoms. The molecule has 2 rings (SSSR count). The summed E-state index contributed by atoms with van der Waals surface area (Å²) in [5.41, 5.74) is 0. The van der Waals surface area contributed by atoms with Crippen LogP contribution in [0.4, 0.5) is 0 Å². The molecule has 3 nitrogen and oxygen atoms in total. The minimum atomic E-state index is -0.747. The van der Waals surface area contributed by atoms with Gasteiger partial charge in [-0.1, -0.05) is 0 Å². The zero-order chi connectivity index (χ0) is 10.1. The maximum Gasteiger partial charge on any atom is 0.320 e. The topological polar surface area (TPSA) is 49.3 Å². The van der Waals surface area contributed by atoms with E-state index in [0.29, 0.717) is 0 Å². The van der Waals surface area contributed by atoms with Crippen LogP contribution in [0.1, 0.15) is 23.8 Å². The van der Waals surface area contributed by atoms with Crippen molar-refractivity contribution in [2.45, 2.75) is 24.9 Å². The number of hydrogen-bond acceptors (Lipinski definition) is 3. The van der Waals surface area contributed by atoms with Crippen LogP contribution in [0.25, 0.3) is 0 Å². The van der Waals surface area contributed by atoms with Crippen molar-refractivity contribution in [2.24, 2.45) is 0 Å². The van der Waals surface area contributed by atoms with Crippen LogP contribution in [-0.4, -0.2) is 17.1 Å². The average molecular weight is 276 g/mol. The lowest BCUT2D eigenvalue weighted by molar-refractivity contribution is -0.139. The standard InChI is InChI=1S/C9H10BrNO2S/c10-8-4-3-7(14-8)5-1-2-6(11-5)9(12)13/h3-6,11H,1-2H2,(H,12,13). The molecule has 0 aliphatic carbocycles. The van der Waals surface area contributed by atoms with Gasteiger partial charge in [0.15, 0.2) is 0 Å². The molecule has 1 aromatic rings. The third-order valence-corrected chi connectivity index (χ3v) is 4.12. The molecule has 1 saturated heterocycles. The van der Waals surface area contributed by atoms with Crippen molar-refractivity contribution >= 4 is 33.2 Å². The highest BCUT2D eigenvalue weighted by atomic mass is 79.9. The van der Waals surface area contributed by atoms with E-state index in [-0.39, 0.29) is 12.1 Å². The Morgan fingerprint density at radius 1 is 1.57 bits per heavy atom. The Morgan fingerprint density at radius 3 is 2.86 bits per heavy atom. The van der Waals surface area contributed by atoms with Gasteiger partial charge in [-0.25, -0.2) is 0 Å². The van der Waals surface area contributed by atoms with Crippen LogP contribution >= 0.6 is 27.3 Å². The molecular formula is C9H10BrNO2S. The summed E-state index contributed by atoms with van der Waals surface area (Å²) in [4.78, 5) is 11.9. The molecule has 1 fully saturated rings. The van der Waals surface area contributed by atoms with Gasteiger partial charge in [-0.05, 0) is 40.9 Å². The molecule has 2 heterocycles. The second-order valence-corrected chi connectivity index (χ2v) is 5.82. The fourth-order valence-corrected chi connectivity index (χ4v) is 3.20. The SMILES string of the molecule is O=C(O)C1CCC(c2ccc(Br)s2)N1. The largest absolute Gasteiger partial charge is 0.480 e. The van der Waals surface area contributed by atoms with E-state index >= 15 is 0 Å². The molecule has 0 amide bonds. The molecule has 1 aliphatic rings. The number of aliphatic carboxylic acids is 1. The fourth-order valence-electron chi connectivity index (χ4n) is 1.68. The Hall–Kier alpha value is -0.390. The van der Waals surface area contributed by atoms with Gasteiger partial charge in [-0.15, -0.1) is 11.3 Å². The third kappa shape index (κ3) is 1.99. The maximum absolute atomic E-state index is 10.7. The molecule has 0 aromatic carbocycles. The predicted molar refractivity (Wildman–Crippen MR) is 58.6 cm³/mol. The van der Waals surface area contributed by atoms with Gasteiger partial charge in [0.05, 0.1) is 3.79 Å². The van der Waals surface area contributed by atoms with Crippen molar-refractivity contribution in [1.82, 2.24) is 5.32 Å². The minimum Gasteiger partial charge on any atom is -0.480 e. The Morgan fingerprint density at radius 2 is 2.36 bits per heavy atom. The molecule has 0 saturated carbocycles. The summed E-state index contributed by atoms with van der Waals surface area (Å²) in [6.45, 7) is 0. The summed E-state index contributed by atoms with van der Waals surface area (Å²) in [5, 5.41) is 11.9. The van der Waals surface area contributed by atoms with Crippen molar-refractivity contribution in [3.05, 3.63) is 20.8 Å². The first-order valence-electron chi connectivity index (χ1n) is 4.41. The van der Waals surface area contributed by atoms with Gasteiger partial charge < -0.3 is 5.11 Å². The lowest BCUT2D eigenvalue weighted by Crippen LogP contribution is -2.31. The van der Waals surface area contributed by atoms with Gasteiger partial charge in [0.25, 0.3) is 0 Å². The van der Waals surface area contributed by atoms with E-state index in [0.717, 1.165) is 16.6 Å². The van der Waals surface area contributed by atoms with Gasteiger partial charge in [0, 0.05) is 10.9 Å². The third-order valence-electron chi connectivity index (χ3n) is 2.38. The number of nitrogens with one attached hydrogen (secondary N) is 1. The summed E-state index contributed by atoms with van der Waals surface area (Å²) in [7, 11) is 0. The second kappa shape index (κ2) is 4.00. The second-order valence-electron chi connectivity index (χ2n) is 3.33. The quantitative estimate of drug-likeness (QED) is 0.872. The van der Waals surface area contributed by atoms with Crippen molar-refractivity contribution in [3.8, 4) is 0 Å². The highest BCUT2D eigenvalue weighted by molar-refractivity contribution is 9.11. The van der Waals surface area contributed by atoms with E-state index in [1.807, 2.05) is 12.1 Å². The molecule has 1 aliphatic heterocycles. The van der Waals surface area contributed by atoms with Gasteiger partial charge >= 0.3 is 5.97 Å². The summed E-state index contributed by atoms with van der Waals surface area (Å²) >= 11 is 5.06. The molecule has 2 N–H and O–H groups in total. The Balaban J connectivity index is 2.05. The van der Waals surface area contributed by atoms with Crippen LogP contribution in [0, 0.1) is 0 Å². The van der Waals surface area contributed by atoms with Gasteiger partial charge in [0.1, 0.15) is 6.04 Å². The van der Waals surface area contributed by atoms with E-state index < -0.39 is 5.97 Å². The molecule has 14 heavy (non-hydrogen) atoms. The zero-order valence-electron chi connectivity index (χ0n) is 7.37. The van der Waals surface area contributed by atoms with Gasteiger partial charge in [-0.2, -0.15) is 0 Å². The lowest BCUT2D eigenvalue weighted by Gasteiger charge is -2.08. The van der Waals surface area contributed by atoms with Crippen molar-refractivity contribution in [1.29, 1.82) is 0 Å². The predicted octanol–water partition coefficient (Wildman–Crippen LogP) is 2.39. The highest BCUT2D eigenvalue weighted by Gasteiger charge is 2.30. The Labute approximate surface area is 94.3 Å². The molecular weight excluding hydrogens is 266 g/mol. The number of thiophene rings is 1. The van der Waals surface area contributed by atoms with Crippen molar-refractivity contribution < 1.29 is 9.90 Å². The Bertz CT molecular complexity index is 352. The number of carbonyl (C=O) groups is 1. The van der Waals surface area contributed by atoms with E-state index in [9.17, 15) is 4.79 Å². The molecule has 76 valence electrons. The first kappa shape index (κ1) is 10.1. The number of carboxylic acids is 1. The monoisotopic (exact) mass is 275 g/mol. The highest BCUT2D eigenvalue weighted by Crippen LogP contribution is 2.33. The van der Waals surface area contributed by atoms with Gasteiger partial charge in [0.2, 0.25) is 0 Å². The number of carboxylic acid groups (broad SMARTS) is 1. The first-order chi connectivity index (χ1) is 6.66. The number of hydrogen-bond donors (Lipinski definition) is 2. The summed E-state index contributed by atoms with van der Waals surface area (Å²) in [6.07, 6.45) is 1.62. The smallest absolute Gasteiger partial charge is 0.320 e.